The van der Waals surface area contributed by atoms with Gasteiger partial charge in [0.1, 0.15) is 5.82 Å². The second-order valence-corrected chi connectivity index (χ2v) is 7.23. The van der Waals surface area contributed by atoms with Gasteiger partial charge in [-0.05, 0) is 46.3 Å². The number of hydrogen-bond donors (Lipinski definition) is 0. The Bertz CT molecular complexity index is 752. The fraction of sp³-hybridized carbons (Fsp3) is 0.0769. The summed E-state index contributed by atoms with van der Waals surface area (Å²) in [6.45, 7) is 0. The molecule has 0 N–H and O–H groups in total. The van der Waals surface area contributed by atoms with E-state index in [1.165, 1.54) is 43.4 Å². The van der Waals surface area contributed by atoms with Crippen molar-refractivity contribution < 1.29 is 12.8 Å². The fourth-order valence-electron chi connectivity index (χ4n) is 1.63. The summed E-state index contributed by atoms with van der Waals surface area (Å²) in [6, 6.07) is 9.90. The molecule has 2 aromatic rings. The van der Waals surface area contributed by atoms with Crippen LogP contribution >= 0.6 is 27.5 Å². The molecule has 0 spiro atoms. The maximum Gasteiger partial charge on any atom is 0.264 e. The molecule has 0 atom stereocenters. The van der Waals surface area contributed by atoms with E-state index >= 15 is 0 Å². The van der Waals surface area contributed by atoms with Crippen LogP contribution in [0.5, 0.6) is 0 Å². The molecule has 0 aromatic heterocycles. The fourth-order valence-corrected chi connectivity index (χ4v) is 3.51. The Labute approximate surface area is 130 Å². The molecular formula is C13H10BrClFNO2S. The first kappa shape index (κ1) is 15.3. The van der Waals surface area contributed by atoms with Crippen LogP contribution in [0.4, 0.5) is 10.1 Å². The molecule has 20 heavy (non-hydrogen) atoms. The standard InChI is InChI=1S/C13H10BrClFNO2S/c1-17(13-5-3-2-4-12(13)16)20(18,19)9-6-7-11(15)10(14)8-9/h2-8H,1H3. The lowest BCUT2D eigenvalue weighted by Gasteiger charge is -2.20. The van der Waals surface area contributed by atoms with E-state index in [0.29, 0.717) is 9.50 Å². The first-order valence-electron chi connectivity index (χ1n) is 5.52. The number of sulfonamides is 1. The van der Waals surface area contributed by atoms with Gasteiger partial charge in [-0.3, -0.25) is 4.31 Å². The van der Waals surface area contributed by atoms with E-state index in [4.69, 9.17) is 11.6 Å². The quantitative estimate of drug-likeness (QED) is 0.807. The zero-order valence-electron chi connectivity index (χ0n) is 10.3. The van der Waals surface area contributed by atoms with Crippen LogP contribution in [-0.4, -0.2) is 15.5 Å². The van der Waals surface area contributed by atoms with Gasteiger partial charge in [-0.25, -0.2) is 12.8 Å². The summed E-state index contributed by atoms with van der Waals surface area (Å²) >= 11 is 9.01. The van der Waals surface area contributed by atoms with E-state index in [0.717, 1.165) is 4.31 Å². The summed E-state index contributed by atoms with van der Waals surface area (Å²) in [5.41, 5.74) is -0.0152. The molecule has 0 bridgehead atoms. The molecule has 0 fully saturated rings. The minimum Gasteiger partial charge on any atom is -0.266 e. The van der Waals surface area contributed by atoms with Gasteiger partial charge in [0.25, 0.3) is 10.0 Å². The highest BCUT2D eigenvalue weighted by molar-refractivity contribution is 9.10. The average molecular weight is 379 g/mol. The third-order valence-corrected chi connectivity index (χ3v) is 5.72. The minimum atomic E-state index is -3.85. The largest absolute Gasteiger partial charge is 0.266 e. The van der Waals surface area contributed by atoms with Gasteiger partial charge in [0.05, 0.1) is 15.6 Å². The van der Waals surface area contributed by atoms with Crippen LogP contribution in [0.2, 0.25) is 5.02 Å². The predicted octanol–water partition coefficient (Wildman–Crippen LogP) is 4.07. The number of anilines is 1. The van der Waals surface area contributed by atoms with Crippen molar-refractivity contribution in [3.63, 3.8) is 0 Å². The lowest BCUT2D eigenvalue weighted by molar-refractivity contribution is 0.589. The first-order valence-corrected chi connectivity index (χ1v) is 8.13. The summed E-state index contributed by atoms with van der Waals surface area (Å²) in [6.07, 6.45) is 0. The molecule has 0 saturated carbocycles. The van der Waals surface area contributed by atoms with Crippen LogP contribution in [0.25, 0.3) is 0 Å². The number of nitrogens with zero attached hydrogens (tertiary/aromatic N) is 1. The Morgan fingerprint density at radius 2 is 1.85 bits per heavy atom. The van der Waals surface area contributed by atoms with E-state index in [1.807, 2.05) is 0 Å². The van der Waals surface area contributed by atoms with Crippen molar-refractivity contribution in [1.29, 1.82) is 0 Å². The van der Waals surface area contributed by atoms with Crippen molar-refractivity contribution in [2.75, 3.05) is 11.4 Å². The summed E-state index contributed by atoms with van der Waals surface area (Å²) in [5.74, 6) is -0.605. The molecule has 0 radical (unpaired) electrons. The van der Waals surface area contributed by atoms with E-state index in [1.54, 1.807) is 6.07 Å². The molecule has 0 aliphatic heterocycles. The number of rotatable bonds is 3. The van der Waals surface area contributed by atoms with Gasteiger partial charge in [0.2, 0.25) is 0 Å². The molecular weight excluding hydrogens is 369 g/mol. The summed E-state index contributed by atoms with van der Waals surface area (Å²) in [4.78, 5) is 0.0273. The lowest BCUT2D eigenvalue weighted by atomic mass is 10.3. The summed E-state index contributed by atoms with van der Waals surface area (Å²) in [5, 5.41) is 0.400. The molecule has 0 unspecified atom stereocenters. The van der Waals surface area contributed by atoms with Crippen LogP contribution in [0.1, 0.15) is 0 Å². The van der Waals surface area contributed by atoms with E-state index in [9.17, 15) is 12.8 Å². The lowest BCUT2D eigenvalue weighted by Crippen LogP contribution is -2.27. The number of benzene rings is 2. The third kappa shape index (κ3) is 2.82. The van der Waals surface area contributed by atoms with Crippen molar-refractivity contribution in [3.05, 3.63) is 57.8 Å². The van der Waals surface area contributed by atoms with Crippen LogP contribution in [0, 0.1) is 5.82 Å². The van der Waals surface area contributed by atoms with Gasteiger partial charge >= 0.3 is 0 Å². The summed E-state index contributed by atoms with van der Waals surface area (Å²) < 4.78 is 39.9. The van der Waals surface area contributed by atoms with Crippen LogP contribution in [0.3, 0.4) is 0 Å². The topological polar surface area (TPSA) is 37.4 Å². The van der Waals surface area contributed by atoms with Gasteiger partial charge < -0.3 is 0 Å². The van der Waals surface area contributed by atoms with Crippen molar-refractivity contribution in [1.82, 2.24) is 0 Å². The zero-order chi connectivity index (χ0) is 14.9. The van der Waals surface area contributed by atoms with E-state index < -0.39 is 15.8 Å². The number of hydrogen-bond acceptors (Lipinski definition) is 2. The van der Waals surface area contributed by atoms with E-state index in [-0.39, 0.29) is 10.6 Å². The smallest absolute Gasteiger partial charge is 0.264 e. The molecule has 0 aliphatic carbocycles. The van der Waals surface area contributed by atoms with Crippen LogP contribution < -0.4 is 4.31 Å². The van der Waals surface area contributed by atoms with Crippen molar-refractivity contribution in [2.24, 2.45) is 0 Å². The van der Waals surface area contributed by atoms with Crippen LogP contribution in [0.15, 0.2) is 51.8 Å². The highest BCUT2D eigenvalue weighted by atomic mass is 79.9. The molecule has 3 nitrogen and oxygen atoms in total. The highest BCUT2D eigenvalue weighted by Crippen LogP contribution is 2.29. The Balaban J connectivity index is 2.50. The zero-order valence-corrected chi connectivity index (χ0v) is 13.5. The number of para-hydroxylation sites is 1. The molecule has 106 valence electrons. The van der Waals surface area contributed by atoms with Crippen molar-refractivity contribution in [2.45, 2.75) is 4.90 Å². The molecule has 0 aliphatic rings. The average Bonchev–Trinajstić information content (AvgIpc) is 2.41. The van der Waals surface area contributed by atoms with Gasteiger partial charge in [0.15, 0.2) is 0 Å². The molecule has 0 amide bonds. The molecule has 7 heteroatoms. The Kier molecular flexibility index (Phi) is 4.36. The van der Waals surface area contributed by atoms with Crippen molar-refractivity contribution >= 4 is 43.2 Å². The Morgan fingerprint density at radius 1 is 1.20 bits per heavy atom. The second-order valence-electron chi connectivity index (χ2n) is 4.00. The normalized spacial score (nSPS) is 11.4. The Hall–Kier alpha value is -1.11. The SMILES string of the molecule is CN(c1ccccc1F)S(=O)(=O)c1ccc(Cl)c(Br)c1. The highest BCUT2D eigenvalue weighted by Gasteiger charge is 2.23. The van der Waals surface area contributed by atoms with Gasteiger partial charge in [0, 0.05) is 11.5 Å². The van der Waals surface area contributed by atoms with Gasteiger partial charge in [-0.1, -0.05) is 23.7 Å². The van der Waals surface area contributed by atoms with Crippen molar-refractivity contribution in [3.8, 4) is 0 Å². The van der Waals surface area contributed by atoms with Gasteiger partial charge in [-0.2, -0.15) is 0 Å². The minimum absolute atomic E-state index is 0.0152. The monoisotopic (exact) mass is 377 g/mol. The molecule has 0 heterocycles. The third-order valence-electron chi connectivity index (χ3n) is 2.74. The van der Waals surface area contributed by atoms with Crippen LogP contribution in [-0.2, 0) is 10.0 Å². The Morgan fingerprint density at radius 3 is 2.45 bits per heavy atom. The maximum atomic E-state index is 13.7. The summed E-state index contributed by atoms with van der Waals surface area (Å²) in [7, 11) is -2.55. The second kappa shape index (κ2) is 5.71. The molecule has 2 aromatic carbocycles. The molecule has 0 saturated heterocycles. The van der Waals surface area contributed by atoms with Gasteiger partial charge in [-0.15, -0.1) is 0 Å². The number of halogens is 3. The predicted molar refractivity (Wildman–Crippen MR) is 81.1 cm³/mol. The van der Waals surface area contributed by atoms with E-state index in [2.05, 4.69) is 15.9 Å². The molecule has 2 rings (SSSR count). The first-order chi connectivity index (χ1) is 9.34. The maximum absolute atomic E-state index is 13.7.